The van der Waals surface area contributed by atoms with Crippen LogP contribution in [0.2, 0.25) is 0 Å². The van der Waals surface area contributed by atoms with E-state index in [9.17, 15) is 4.79 Å². The number of unbranched alkanes of at least 4 members (excludes halogenated alkanes) is 2. The fourth-order valence-corrected chi connectivity index (χ4v) is 1.02. The summed E-state index contributed by atoms with van der Waals surface area (Å²) in [4.78, 5) is 11.1. The molecule has 0 spiro atoms. The summed E-state index contributed by atoms with van der Waals surface area (Å²) >= 11 is 1.04. The van der Waals surface area contributed by atoms with Crippen LogP contribution < -0.4 is 11.3 Å². The van der Waals surface area contributed by atoms with E-state index in [-0.39, 0.29) is 0 Å². The van der Waals surface area contributed by atoms with Crippen molar-refractivity contribution in [3.63, 3.8) is 0 Å². The first-order chi connectivity index (χ1) is 6.22. The molecule has 0 aliphatic carbocycles. The monoisotopic (exact) mass is 201 g/mol. The molecule has 74 valence electrons. The Morgan fingerprint density at radius 3 is 3.00 bits per heavy atom. The minimum absolute atomic E-state index is 0.301. The van der Waals surface area contributed by atoms with Gasteiger partial charge in [-0.15, -0.1) is 0 Å². The van der Waals surface area contributed by atoms with Crippen LogP contribution in [0, 0.1) is 0 Å². The first-order valence-corrected chi connectivity index (χ1v) is 4.88. The lowest BCUT2D eigenvalue weighted by molar-refractivity contribution is -0.116. The molecule has 0 aromatic rings. The molecule has 0 heterocycles. The highest BCUT2D eigenvalue weighted by molar-refractivity contribution is 8.02. The summed E-state index contributed by atoms with van der Waals surface area (Å²) in [5.74, 6) is 4.51. The van der Waals surface area contributed by atoms with Gasteiger partial charge < -0.3 is 0 Å². The maximum Gasteiger partial charge on any atom is 0.272 e. The molecule has 0 saturated carbocycles. The Bertz CT molecular complexity index is 204. The molecule has 0 aliphatic heterocycles. The van der Waals surface area contributed by atoms with Crippen LogP contribution in [0.15, 0.2) is 15.9 Å². The van der Waals surface area contributed by atoms with E-state index in [0.717, 1.165) is 31.2 Å². The highest BCUT2D eigenvalue weighted by atomic mass is 32.2. The fourth-order valence-electron chi connectivity index (χ4n) is 0.571. The van der Waals surface area contributed by atoms with Crippen molar-refractivity contribution in [2.24, 2.45) is 10.2 Å². The average molecular weight is 201 g/mol. The molecule has 5 heteroatoms. The van der Waals surface area contributed by atoms with Gasteiger partial charge in [-0.05, 0) is 12.8 Å². The van der Waals surface area contributed by atoms with E-state index in [1.807, 2.05) is 5.43 Å². The Balaban J connectivity index is 3.57. The Labute approximate surface area is 82.8 Å². The van der Waals surface area contributed by atoms with Crippen molar-refractivity contribution in [3.05, 3.63) is 11.5 Å². The summed E-state index contributed by atoms with van der Waals surface area (Å²) < 4.78 is 3.95. The minimum Gasteiger partial charge on any atom is -0.290 e. The van der Waals surface area contributed by atoms with Crippen LogP contribution in [0.4, 0.5) is 0 Å². The summed E-state index contributed by atoms with van der Waals surface area (Å²) in [6.45, 7) is 5.61. The molecule has 0 aliphatic rings. The van der Waals surface area contributed by atoms with Crippen LogP contribution in [0.1, 0.15) is 26.2 Å². The Kier molecular flexibility index (Phi) is 7.33. The van der Waals surface area contributed by atoms with Crippen molar-refractivity contribution < 1.29 is 4.79 Å². The van der Waals surface area contributed by atoms with Gasteiger partial charge in [0.1, 0.15) is 0 Å². The van der Waals surface area contributed by atoms with E-state index >= 15 is 0 Å². The van der Waals surface area contributed by atoms with Gasteiger partial charge in [-0.2, -0.15) is 0 Å². The highest BCUT2D eigenvalue weighted by Gasteiger charge is 2.02. The van der Waals surface area contributed by atoms with Crippen LogP contribution in [0.25, 0.3) is 0 Å². The van der Waals surface area contributed by atoms with Crippen molar-refractivity contribution in [2.75, 3.05) is 0 Å². The van der Waals surface area contributed by atoms with Gasteiger partial charge in [0.15, 0.2) is 0 Å². The lowest BCUT2D eigenvalue weighted by Gasteiger charge is -1.97. The molecule has 0 atom stereocenters. The van der Waals surface area contributed by atoms with Gasteiger partial charge in [-0.25, -0.2) is 10.2 Å². The molecular formula is C8H15N3OS. The standard InChI is InChI=1S/C8H15N3OS/c1-3-4-5-6-10-13-7(2)8(12)11-9/h6H,2-5,9H2,1H3,(H,11,12). The van der Waals surface area contributed by atoms with E-state index in [1.54, 1.807) is 6.21 Å². The number of carbonyl (C=O) groups excluding carboxylic acids is 1. The van der Waals surface area contributed by atoms with Gasteiger partial charge in [0.2, 0.25) is 0 Å². The van der Waals surface area contributed by atoms with Crippen LogP contribution >= 0.6 is 11.9 Å². The Morgan fingerprint density at radius 1 is 1.77 bits per heavy atom. The molecular weight excluding hydrogens is 186 g/mol. The summed E-state index contributed by atoms with van der Waals surface area (Å²) in [6, 6.07) is 0. The number of rotatable bonds is 6. The maximum atomic E-state index is 10.8. The van der Waals surface area contributed by atoms with Gasteiger partial charge in [-0.3, -0.25) is 10.2 Å². The second-order valence-electron chi connectivity index (χ2n) is 2.42. The van der Waals surface area contributed by atoms with E-state index < -0.39 is 5.91 Å². The minimum atomic E-state index is -0.391. The molecule has 0 radical (unpaired) electrons. The molecule has 4 nitrogen and oxygen atoms in total. The number of hydrogen-bond acceptors (Lipinski definition) is 4. The van der Waals surface area contributed by atoms with Crippen molar-refractivity contribution in [1.29, 1.82) is 0 Å². The normalized spacial score (nSPS) is 10.3. The highest BCUT2D eigenvalue weighted by Crippen LogP contribution is 2.13. The fraction of sp³-hybridized carbons (Fsp3) is 0.500. The molecule has 0 rings (SSSR count). The summed E-state index contributed by atoms with van der Waals surface area (Å²) in [7, 11) is 0. The quantitative estimate of drug-likeness (QED) is 0.130. The molecule has 1 amide bonds. The summed E-state index contributed by atoms with van der Waals surface area (Å²) in [5, 5.41) is 0. The van der Waals surface area contributed by atoms with Gasteiger partial charge >= 0.3 is 0 Å². The van der Waals surface area contributed by atoms with Crippen LogP contribution in [-0.2, 0) is 4.79 Å². The molecule has 0 saturated heterocycles. The average Bonchev–Trinajstić information content (AvgIpc) is 2.16. The third-order valence-corrected chi connectivity index (χ3v) is 1.97. The molecule has 0 fully saturated rings. The van der Waals surface area contributed by atoms with Gasteiger partial charge in [-0.1, -0.05) is 19.9 Å². The van der Waals surface area contributed by atoms with E-state index in [2.05, 4.69) is 17.9 Å². The third-order valence-electron chi connectivity index (χ3n) is 1.31. The van der Waals surface area contributed by atoms with E-state index in [4.69, 9.17) is 5.84 Å². The predicted molar refractivity (Wildman–Crippen MR) is 57.1 cm³/mol. The zero-order valence-electron chi connectivity index (χ0n) is 7.75. The number of nitrogens with one attached hydrogen (secondary N) is 1. The first-order valence-electron chi connectivity index (χ1n) is 4.11. The molecule has 3 N–H and O–H groups in total. The Morgan fingerprint density at radius 2 is 2.46 bits per heavy atom. The molecule has 0 aromatic heterocycles. The van der Waals surface area contributed by atoms with Crippen molar-refractivity contribution in [3.8, 4) is 0 Å². The summed E-state index contributed by atoms with van der Waals surface area (Å²) in [5.41, 5.74) is 1.98. The molecule has 0 bridgehead atoms. The smallest absolute Gasteiger partial charge is 0.272 e. The van der Waals surface area contributed by atoms with Crippen molar-refractivity contribution in [1.82, 2.24) is 5.43 Å². The van der Waals surface area contributed by atoms with Crippen LogP contribution in [-0.4, -0.2) is 12.1 Å². The topological polar surface area (TPSA) is 67.5 Å². The molecule has 13 heavy (non-hydrogen) atoms. The number of nitrogens with two attached hydrogens (primary N) is 1. The number of carbonyl (C=O) groups is 1. The first kappa shape index (κ1) is 12.2. The van der Waals surface area contributed by atoms with Crippen molar-refractivity contribution >= 4 is 24.1 Å². The van der Waals surface area contributed by atoms with Crippen LogP contribution in [0.3, 0.4) is 0 Å². The maximum absolute atomic E-state index is 10.8. The second kappa shape index (κ2) is 7.82. The lowest BCUT2D eigenvalue weighted by atomic mass is 10.3. The molecule has 0 aromatic carbocycles. The largest absolute Gasteiger partial charge is 0.290 e. The Hall–Kier alpha value is -0.810. The van der Waals surface area contributed by atoms with Crippen LogP contribution in [0.5, 0.6) is 0 Å². The van der Waals surface area contributed by atoms with Crippen molar-refractivity contribution in [2.45, 2.75) is 26.2 Å². The van der Waals surface area contributed by atoms with Gasteiger partial charge in [0, 0.05) is 18.2 Å². The van der Waals surface area contributed by atoms with Gasteiger partial charge in [0.05, 0.1) is 4.91 Å². The SMILES string of the molecule is C=C(SN=CCCCC)C(=O)NN. The zero-order chi connectivity index (χ0) is 10.1. The second-order valence-corrected chi connectivity index (χ2v) is 3.30. The number of hydrazine groups is 1. The molecule has 0 unspecified atom stereocenters. The number of amides is 1. The zero-order valence-corrected chi connectivity index (χ0v) is 8.56. The predicted octanol–water partition coefficient (Wildman–Crippen LogP) is 1.40. The van der Waals surface area contributed by atoms with E-state index in [1.165, 1.54) is 0 Å². The lowest BCUT2D eigenvalue weighted by Crippen LogP contribution is -2.30. The number of nitrogens with zero attached hydrogens (tertiary/aromatic N) is 1. The van der Waals surface area contributed by atoms with Gasteiger partial charge in [0.25, 0.3) is 5.91 Å². The van der Waals surface area contributed by atoms with E-state index in [0.29, 0.717) is 4.91 Å². The third kappa shape index (κ3) is 6.36. The summed E-state index contributed by atoms with van der Waals surface area (Å²) in [6.07, 6.45) is 4.96. The number of hydrogen-bond donors (Lipinski definition) is 2.